The number of likely N-dealkylation sites (tertiary alicyclic amines) is 1. The maximum atomic E-state index is 13.2. The van der Waals surface area contributed by atoms with Crippen LogP contribution in [0.3, 0.4) is 0 Å². The highest BCUT2D eigenvalue weighted by atomic mass is 16.2. The van der Waals surface area contributed by atoms with Crippen LogP contribution in [-0.4, -0.2) is 40.9 Å². The number of nitrogens with zero attached hydrogens (tertiary/aromatic N) is 3. The third-order valence-corrected chi connectivity index (χ3v) is 6.27. The van der Waals surface area contributed by atoms with Crippen LogP contribution in [-0.2, 0) is 17.8 Å². The molecule has 1 amide bonds. The molecule has 0 spiro atoms. The second kappa shape index (κ2) is 9.40. The largest absolute Gasteiger partial charge is 0.359 e. The SMILES string of the molecule is CNC(=O)C1(Cc2ccccc2-c2cncnc2)CCCN(Cc2cccc(C)c2)C1. The summed E-state index contributed by atoms with van der Waals surface area (Å²) in [5.41, 5.74) is 5.36. The third-order valence-electron chi connectivity index (χ3n) is 6.27. The van der Waals surface area contributed by atoms with Crippen LogP contribution in [0.1, 0.15) is 29.5 Å². The zero-order valence-corrected chi connectivity index (χ0v) is 18.3. The maximum Gasteiger partial charge on any atom is 0.227 e. The van der Waals surface area contributed by atoms with Gasteiger partial charge in [0.15, 0.2) is 0 Å². The Morgan fingerprint density at radius 2 is 1.94 bits per heavy atom. The fraction of sp³-hybridized carbons (Fsp3) is 0.346. The van der Waals surface area contributed by atoms with Gasteiger partial charge in [0.2, 0.25) is 5.91 Å². The van der Waals surface area contributed by atoms with E-state index in [1.807, 2.05) is 24.5 Å². The average Bonchev–Trinajstić information content (AvgIpc) is 2.80. The van der Waals surface area contributed by atoms with E-state index in [9.17, 15) is 4.79 Å². The molecule has 0 bridgehead atoms. The van der Waals surface area contributed by atoms with Crippen LogP contribution in [0.15, 0.2) is 67.3 Å². The quantitative estimate of drug-likeness (QED) is 0.662. The summed E-state index contributed by atoms with van der Waals surface area (Å²) >= 11 is 0. The molecule has 0 radical (unpaired) electrons. The minimum Gasteiger partial charge on any atom is -0.359 e. The Morgan fingerprint density at radius 3 is 2.71 bits per heavy atom. The molecule has 0 aliphatic carbocycles. The summed E-state index contributed by atoms with van der Waals surface area (Å²) in [5, 5.41) is 2.96. The molecule has 1 aromatic heterocycles. The molecule has 1 saturated heterocycles. The number of hydrogen-bond donors (Lipinski definition) is 1. The van der Waals surface area contributed by atoms with Crippen molar-refractivity contribution in [3.05, 3.63) is 83.9 Å². The van der Waals surface area contributed by atoms with Gasteiger partial charge in [0, 0.05) is 38.1 Å². The molecule has 1 aliphatic rings. The lowest BCUT2D eigenvalue weighted by molar-refractivity contribution is -0.134. The molecular formula is C26H30N4O. The monoisotopic (exact) mass is 414 g/mol. The van der Waals surface area contributed by atoms with Gasteiger partial charge in [0.05, 0.1) is 5.41 Å². The molecule has 1 fully saturated rings. The summed E-state index contributed by atoms with van der Waals surface area (Å²) in [6.45, 7) is 4.76. The van der Waals surface area contributed by atoms with Crippen LogP contribution in [0.2, 0.25) is 0 Å². The van der Waals surface area contributed by atoms with Gasteiger partial charge in [-0.1, -0.05) is 54.1 Å². The Balaban J connectivity index is 1.63. The van der Waals surface area contributed by atoms with E-state index in [0.29, 0.717) is 6.42 Å². The van der Waals surface area contributed by atoms with Crippen molar-refractivity contribution in [2.45, 2.75) is 32.7 Å². The second-order valence-corrected chi connectivity index (χ2v) is 8.62. The van der Waals surface area contributed by atoms with Gasteiger partial charge in [0.25, 0.3) is 0 Å². The van der Waals surface area contributed by atoms with Crippen LogP contribution in [0, 0.1) is 12.3 Å². The lowest BCUT2D eigenvalue weighted by Gasteiger charge is -2.42. The summed E-state index contributed by atoms with van der Waals surface area (Å²) in [4.78, 5) is 24.0. The van der Waals surface area contributed by atoms with Crippen molar-refractivity contribution < 1.29 is 4.79 Å². The van der Waals surface area contributed by atoms with E-state index in [0.717, 1.165) is 43.6 Å². The highest BCUT2D eigenvalue weighted by Gasteiger charge is 2.42. The first-order valence-electron chi connectivity index (χ1n) is 10.9. The van der Waals surface area contributed by atoms with Crippen molar-refractivity contribution in [3.63, 3.8) is 0 Å². The van der Waals surface area contributed by atoms with Crippen molar-refractivity contribution in [1.29, 1.82) is 0 Å². The number of carbonyl (C=O) groups is 1. The number of carbonyl (C=O) groups excluding carboxylic acids is 1. The molecule has 4 rings (SSSR count). The molecule has 31 heavy (non-hydrogen) atoms. The Labute approximate surface area is 184 Å². The van der Waals surface area contributed by atoms with E-state index in [4.69, 9.17) is 0 Å². The zero-order chi connectivity index (χ0) is 21.7. The van der Waals surface area contributed by atoms with Crippen LogP contribution >= 0.6 is 0 Å². The van der Waals surface area contributed by atoms with Gasteiger partial charge in [-0.25, -0.2) is 9.97 Å². The number of amides is 1. The predicted octanol–water partition coefficient (Wildman–Crippen LogP) is 4.02. The molecule has 0 saturated carbocycles. The third kappa shape index (κ3) is 4.83. The van der Waals surface area contributed by atoms with Crippen LogP contribution in [0.5, 0.6) is 0 Å². The molecule has 1 N–H and O–H groups in total. The first-order valence-corrected chi connectivity index (χ1v) is 10.9. The molecule has 1 unspecified atom stereocenters. The van der Waals surface area contributed by atoms with E-state index in [2.05, 4.69) is 63.5 Å². The van der Waals surface area contributed by atoms with Crippen molar-refractivity contribution in [1.82, 2.24) is 20.2 Å². The molecule has 3 aromatic rings. The molecule has 1 atom stereocenters. The number of aryl methyl sites for hydroxylation is 1. The van der Waals surface area contributed by atoms with Crippen molar-refractivity contribution in [3.8, 4) is 11.1 Å². The number of hydrogen-bond acceptors (Lipinski definition) is 4. The van der Waals surface area contributed by atoms with Gasteiger partial charge < -0.3 is 5.32 Å². The van der Waals surface area contributed by atoms with Gasteiger partial charge in [0.1, 0.15) is 6.33 Å². The highest BCUT2D eigenvalue weighted by Crippen LogP contribution is 2.37. The average molecular weight is 415 g/mol. The van der Waals surface area contributed by atoms with Crippen LogP contribution in [0.25, 0.3) is 11.1 Å². The molecule has 1 aliphatic heterocycles. The number of nitrogens with one attached hydrogen (secondary N) is 1. The van der Waals surface area contributed by atoms with E-state index in [-0.39, 0.29) is 5.91 Å². The van der Waals surface area contributed by atoms with E-state index in [1.165, 1.54) is 16.7 Å². The van der Waals surface area contributed by atoms with E-state index < -0.39 is 5.41 Å². The minimum absolute atomic E-state index is 0.126. The number of benzene rings is 2. The lowest BCUT2D eigenvalue weighted by atomic mass is 9.73. The first-order chi connectivity index (χ1) is 15.1. The number of rotatable bonds is 6. The topological polar surface area (TPSA) is 58.1 Å². The van der Waals surface area contributed by atoms with Gasteiger partial charge >= 0.3 is 0 Å². The second-order valence-electron chi connectivity index (χ2n) is 8.62. The Hall–Kier alpha value is -3.05. The fourth-order valence-electron chi connectivity index (χ4n) is 4.86. The Kier molecular flexibility index (Phi) is 6.42. The Morgan fingerprint density at radius 1 is 1.13 bits per heavy atom. The van der Waals surface area contributed by atoms with Crippen LogP contribution in [0.4, 0.5) is 0 Å². The summed E-state index contributed by atoms with van der Waals surface area (Å²) in [6, 6.07) is 17.0. The summed E-state index contributed by atoms with van der Waals surface area (Å²) < 4.78 is 0. The smallest absolute Gasteiger partial charge is 0.227 e. The number of aromatic nitrogens is 2. The minimum atomic E-state index is -0.456. The normalized spacial score (nSPS) is 19.2. The van der Waals surface area contributed by atoms with Gasteiger partial charge in [-0.05, 0) is 49.4 Å². The molecule has 2 heterocycles. The molecule has 160 valence electrons. The number of piperidine rings is 1. The van der Waals surface area contributed by atoms with E-state index in [1.54, 1.807) is 13.4 Å². The maximum absolute atomic E-state index is 13.2. The predicted molar refractivity (Wildman–Crippen MR) is 123 cm³/mol. The van der Waals surface area contributed by atoms with Crippen LogP contribution < -0.4 is 5.32 Å². The lowest BCUT2D eigenvalue weighted by Crippen LogP contribution is -2.52. The Bertz CT molecular complexity index is 1040. The highest BCUT2D eigenvalue weighted by molar-refractivity contribution is 5.83. The standard InChI is InChI=1S/C26H30N4O/c1-20-7-5-8-21(13-20)17-30-12-6-11-26(18-30,25(31)27-2)14-22-9-3-4-10-24(22)23-15-28-19-29-16-23/h3-5,7-10,13,15-16,19H,6,11-12,14,17-18H2,1-2H3,(H,27,31). The summed E-state index contributed by atoms with van der Waals surface area (Å²) in [7, 11) is 1.75. The summed E-state index contributed by atoms with van der Waals surface area (Å²) in [5.74, 6) is 0.126. The van der Waals surface area contributed by atoms with Crippen molar-refractivity contribution in [2.24, 2.45) is 5.41 Å². The van der Waals surface area contributed by atoms with E-state index >= 15 is 0 Å². The summed E-state index contributed by atoms with van der Waals surface area (Å²) in [6.07, 6.45) is 7.81. The zero-order valence-electron chi connectivity index (χ0n) is 18.3. The van der Waals surface area contributed by atoms with Crippen molar-refractivity contribution in [2.75, 3.05) is 20.1 Å². The van der Waals surface area contributed by atoms with Gasteiger partial charge in [-0.15, -0.1) is 0 Å². The van der Waals surface area contributed by atoms with Crippen molar-refractivity contribution >= 4 is 5.91 Å². The molecule has 5 heteroatoms. The molecular weight excluding hydrogens is 384 g/mol. The molecule has 2 aromatic carbocycles. The van der Waals surface area contributed by atoms with Gasteiger partial charge in [-0.3, -0.25) is 9.69 Å². The fourth-order valence-corrected chi connectivity index (χ4v) is 4.86. The van der Waals surface area contributed by atoms with Gasteiger partial charge in [-0.2, -0.15) is 0 Å². The molecule has 5 nitrogen and oxygen atoms in total. The first kappa shape index (κ1) is 21.2.